The molecule has 1 saturated carbocycles. The topological polar surface area (TPSA) is 66.5 Å². The van der Waals surface area contributed by atoms with Gasteiger partial charge in [-0.3, -0.25) is 19.3 Å². The van der Waals surface area contributed by atoms with Crippen LogP contribution in [-0.2, 0) is 20.6 Å². The van der Waals surface area contributed by atoms with E-state index in [1.807, 2.05) is 12.2 Å². The second-order valence-corrected chi connectivity index (χ2v) is 6.89. The predicted octanol–water partition coefficient (Wildman–Crippen LogP) is 2.45. The van der Waals surface area contributed by atoms with E-state index in [9.17, 15) is 27.6 Å². The zero-order valence-corrected chi connectivity index (χ0v) is 13.5. The SMILES string of the molecule is O=C(CN1C(=O)C2C3C=CC(C3)C2C1=O)Nc1ccc(C(F)(F)F)cc1. The zero-order chi connectivity index (χ0) is 18.6. The van der Waals surface area contributed by atoms with Crippen LogP contribution in [0.25, 0.3) is 0 Å². The number of allylic oxidation sites excluding steroid dienone is 2. The number of anilines is 1. The number of benzene rings is 1. The van der Waals surface area contributed by atoms with Gasteiger partial charge in [0.1, 0.15) is 6.54 Å². The number of likely N-dealkylation sites (tertiary alicyclic amines) is 1. The quantitative estimate of drug-likeness (QED) is 0.662. The Bertz CT molecular complexity index is 786. The molecule has 2 fully saturated rings. The molecule has 1 aliphatic heterocycles. The van der Waals surface area contributed by atoms with Crippen LogP contribution in [0.5, 0.6) is 0 Å². The van der Waals surface area contributed by atoms with Gasteiger partial charge in [-0.25, -0.2) is 0 Å². The Labute approximate surface area is 146 Å². The molecule has 1 aromatic carbocycles. The molecule has 1 saturated heterocycles. The molecule has 1 aromatic rings. The molecule has 26 heavy (non-hydrogen) atoms. The van der Waals surface area contributed by atoms with Crippen LogP contribution < -0.4 is 5.32 Å². The molecule has 136 valence electrons. The number of nitrogens with zero attached hydrogens (tertiary/aromatic N) is 1. The summed E-state index contributed by atoms with van der Waals surface area (Å²) in [5.41, 5.74) is -0.653. The lowest BCUT2D eigenvalue weighted by Gasteiger charge is -2.17. The first kappa shape index (κ1) is 16.8. The summed E-state index contributed by atoms with van der Waals surface area (Å²) >= 11 is 0. The van der Waals surface area contributed by atoms with Crippen molar-refractivity contribution in [1.29, 1.82) is 0 Å². The number of alkyl halides is 3. The number of rotatable bonds is 3. The van der Waals surface area contributed by atoms with E-state index < -0.39 is 24.2 Å². The number of carbonyl (C=O) groups excluding carboxylic acids is 3. The van der Waals surface area contributed by atoms with Gasteiger partial charge in [0.05, 0.1) is 17.4 Å². The molecule has 2 bridgehead atoms. The maximum absolute atomic E-state index is 12.5. The smallest absolute Gasteiger partial charge is 0.325 e. The van der Waals surface area contributed by atoms with Crippen molar-refractivity contribution < 1.29 is 27.6 Å². The number of fused-ring (bicyclic) bond motifs is 5. The fraction of sp³-hybridized carbons (Fsp3) is 0.389. The summed E-state index contributed by atoms with van der Waals surface area (Å²) in [5, 5.41) is 2.42. The highest BCUT2D eigenvalue weighted by atomic mass is 19.4. The van der Waals surface area contributed by atoms with E-state index in [4.69, 9.17) is 0 Å². The maximum Gasteiger partial charge on any atom is 0.416 e. The Kier molecular flexibility index (Phi) is 3.68. The Hall–Kier alpha value is -2.64. The highest BCUT2D eigenvalue weighted by Crippen LogP contribution is 2.52. The monoisotopic (exact) mass is 364 g/mol. The molecule has 4 unspecified atom stereocenters. The van der Waals surface area contributed by atoms with Crippen LogP contribution in [-0.4, -0.2) is 29.2 Å². The van der Waals surface area contributed by atoms with Gasteiger partial charge in [0, 0.05) is 5.69 Å². The predicted molar refractivity (Wildman–Crippen MR) is 84.5 cm³/mol. The number of hydrogen-bond donors (Lipinski definition) is 1. The highest BCUT2D eigenvalue weighted by molar-refractivity contribution is 6.09. The van der Waals surface area contributed by atoms with E-state index in [-0.39, 0.29) is 41.2 Å². The highest BCUT2D eigenvalue weighted by Gasteiger charge is 2.59. The van der Waals surface area contributed by atoms with Gasteiger partial charge in [0.2, 0.25) is 17.7 Å². The number of hydrogen-bond acceptors (Lipinski definition) is 3. The molecule has 1 heterocycles. The van der Waals surface area contributed by atoms with Crippen LogP contribution in [0, 0.1) is 23.7 Å². The minimum atomic E-state index is -4.46. The van der Waals surface area contributed by atoms with E-state index >= 15 is 0 Å². The van der Waals surface area contributed by atoms with Crippen LogP contribution in [0.1, 0.15) is 12.0 Å². The summed E-state index contributed by atoms with van der Waals surface area (Å²) in [6, 6.07) is 3.98. The van der Waals surface area contributed by atoms with Crippen molar-refractivity contribution in [3.63, 3.8) is 0 Å². The number of nitrogens with one attached hydrogen (secondary N) is 1. The third kappa shape index (κ3) is 2.60. The lowest BCUT2D eigenvalue weighted by atomic mass is 9.85. The summed E-state index contributed by atoms with van der Waals surface area (Å²) in [6.45, 7) is -0.425. The van der Waals surface area contributed by atoms with Crippen LogP contribution in [0.4, 0.5) is 18.9 Å². The van der Waals surface area contributed by atoms with Crippen molar-refractivity contribution >= 4 is 23.4 Å². The lowest BCUT2D eigenvalue weighted by molar-refractivity contribution is -0.143. The van der Waals surface area contributed by atoms with Crippen LogP contribution in [0.15, 0.2) is 36.4 Å². The van der Waals surface area contributed by atoms with E-state index in [0.29, 0.717) is 0 Å². The molecule has 3 amide bonds. The van der Waals surface area contributed by atoms with Gasteiger partial charge < -0.3 is 5.32 Å². The molecule has 2 aliphatic carbocycles. The molecule has 0 aromatic heterocycles. The summed E-state index contributed by atoms with van der Waals surface area (Å²) in [5.74, 6) is -1.92. The van der Waals surface area contributed by atoms with Gasteiger partial charge in [-0.05, 0) is 42.5 Å². The summed E-state index contributed by atoms with van der Waals surface area (Å²) in [6.07, 6.45) is 0.270. The zero-order valence-electron chi connectivity index (χ0n) is 13.5. The minimum absolute atomic E-state index is 0.0597. The Balaban J connectivity index is 1.41. The van der Waals surface area contributed by atoms with Crippen molar-refractivity contribution in [3.8, 4) is 0 Å². The molecule has 5 nitrogen and oxygen atoms in total. The van der Waals surface area contributed by atoms with Crippen LogP contribution >= 0.6 is 0 Å². The number of imide groups is 1. The molecular weight excluding hydrogens is 349 g/mol. The molecule has 8 heteroatoms. The molecule has 3 aliphatic rings. The number of halogens is 3. The van der Waals surface area contributed by atoms with Gasteiger partial charge in [0.25, 0.3) is 0 Å². The molecule has 0 radical (unpaired) electrons. The summed E-state index contributed by atoms with van der Waals surface area (Å²) in [4.78, 5) is 38.1. The second kappa shape index (κ2) is 5.69. The van der Waals surface area contributed by atoms with Crippen LogP contribution in [0.3, 0.4) is 0 Å². The fourth-order valence-electron chi connectivity index (χ4n) is 4.21. The van der Waals surface area contributed by atoms with E-state index in [1.54, 1.807) is 0 Å². The molecule has 4 atom stereocenters. The van der Waals surface area contributed by atoms with Crippen molar-refractivity contribution in [2.75, 3.05) is 11.9 Å². The van der Waals surface area contributed by atoms with Gasteiger partial charge in [-0.1, -0.05) is 12.2 Å². The van der Waals surface area contributed by atoms with Gasteiger partial charge in [-0.2, -0.15) is 13.2 Å². The van der Waals surface area contributed by atoms with Gasteiger partial charge in [-0.15, -0.1) is 0 Å². The van der Waals surface area contributed by atoms with E-state index in [1.165, 1.54) is 0 Å². The van der Waals surface area contributed by atoms with Gasteiger partial charge >= 0.3 is 6.18 Å². The largest absolute Gasteiger partial charge is 0.416 e. The lowest BCUT2D eigenvalue weighted by Crippen LogP contribution is -2.39. The fourth-order valence-corrected chi connectivity index (χ4v) is 4.21. The standard InChI is InChI=1S/C18H15F3N2O3/c19-18(20,21)11-3-5-12(6-4-11)22-13(24)8-23-16(25)14-9-1-2-10(7-9)15(14)17(23)26/h1-6,9-10,14-15H,7-8H2,(H,22,24). The average Bonchev–Trinajstić information content (AvgIpc) is 3.24. The van der Waals surface area contributed by atoms with E-state index in [2.05, 4.69) is 5.32 Å². The maximum atomic E-state index is 12.5. The van der Waals surface area contributed by atoms with E-state index in [0.717, 1.165) is 35.6 Å². The molecular formula is C18H15F3N2O3. The average molecular weight is 364 g/mol. The Morgan fingerprint density at radius 1 is 1.04 bits per heavy atom. The Morgan fingerprint density at radius 2 is 1.58 bits per heavy atom. The van der Waals surface area contributed by atoms with Crippen molar-refractivity contribution in [2.45, 2.75) is 12.6 Å². The summed E-state index contributed by atoms with van der Waals surface area (Å²) < 4.78 is 37.6. The first-order valence-electron chi connectivity index (χ1n) is 8.26. The minimum Gasteiger partial charge on any atom is -0.325 e. The van der Waals surface area contributed by atoms with Crippen molar-refractivity contribution in [3.05, 3.63) is 42.0 Å². The molecule has 4 rings (SSSR count). The summed E-state index contributed by atoms with van der Waals surface area (Å²) in [7, 11) is 0. The molecule has 0 spiro atoms. The van der Waals surface area contributed by atoms with Gasteiger partial charge in [0.15, 0.2) is 0 Å². The van der Waals surface area contributed by atoms with Crippen LogP contribution in [0.2, 0.25) is 0 Å². The second-order valence-electron chi connectivity index (χ2n) is 6.89. The normalized spacial score (nSPS) is 29.4. The Morgan fingerprint density at radius 3 is 2.08 bits per heavy atom. The number of carbonyl (C=O) groups is 3. The molecule has 1 N–H and O–H groups in total. The first-order valence-corrected chi connectivity index (χ1v) is 8.26. The van der Waals surface area contributed by atoms with Crippen molar-refractivity contribution in [2.24, 2.45) is 23.7 Å². The van der Waals surface area contributed by atoms with Crippen molar-refractivity contribution in [1.82, 2.24) is 4.90 Å². The third-order valence-electron chi connectivity index (χ3n) is 5.36. The first-order chi connectivity index (χ1) is 12.3. The number of amides is 3. The third-order valence-corrected chi connectivity index (χ3v) is 5.36.